The second kappa shape index (κ2) is 7.64. The maximum Gasteiger partial charge on any atom is 0.243 e. The zero-order valence-electron chi connectivity index (χ0n) is 14.5. The summed E-state index contributed by atoms with van der Waals surface area (Å²) in [7, 11) is 1.71. The third-order valence-corrected chi connectivity index (χ3v) is 3.92. The summed E-state index contributed by atoms with van der Waals surface area (Å²) in [6.07, 6.45) is 0. The quantitative estimate of drug-likeness (QED) is 0.886. The molecule has 0 aliphatic heterocycles. The second-order valence-electron chi connectivity index (χ2n) is 5.79. The zero-order valence-corrected chi connectivity index (χ0v) is 14.5. The molecule has 0 unspecified atom stereocenters. The van der Waals surface area contributed by atoms with E-state index in [0.29, 0.717) is 5.69 Å². The SMILES string of the molecule is CC(=O)N(C)c1ccc(NC(=O)CNc2c(C)cccc2C)cc1. The number of nitrogens with one attached hydrogen (secondary N) is 2. The highest BCUT2D eigenvalue weighted by Crippen LogP contribution is 2.19. The van der Waals surface area contributed by atoms with E-state index in [0.717, 1.165) is 22.5 Å². The highest BCUT2D eigenvalue weighted by atomic mass is 16.2. The number of carbonyl (C=O) groups is 2. The first-order valence-corrected chi connectivity index (χ1v) is 7.83. The van der Waals surface area contributed by atoms with Crippen LogP contribution in [0.15, 0.2) is 42.5 Å². The van der Waals surface area contributed by atoms with Crippen LogP contribution < -0.4 is 15.5 Å². The summed E-state index contributed by atoms with van der Waals surface area (Å²) in [4.78, 5) is 25.0. The fourth-order valence-electron chi connectivity index (χ4n) is 2.42. The van der Waals surface area contributed by atoms with Gasteiger partial charge in [-0.05, 0) is 49.2 Å². The summed E-state index contributed by atoms with van der Waals surface area (Å²) in [5.74, 6) is -0.157. The van der Waals surface area contributed by atoms with E-state index < -0.39 is 0 Å². The highest BCUT2D eigenvalue weighted by Gasteiger charge is 2.08. The van der Waals surface area contributed by atoms with Crippen molar-refractivity contribution in [2.24, 2.45) is 0 Å². The topological polar surface area (TPSA) is 61.4 Å². The van der Waals surface area contributed by atoms with Crippen molar-refractivity contribution in [1.82, 2.24) is 0 Å². The number of aryl methyl sites for hydroxylation is 2. The average molecular weight is 325 g/mol. The molecule has 24 heavy (non-hydrogen) atoms. The fraction of sp³-hybridized carbons (Fsp3) is 0.263. The number of amides is 2. The molecule has 5 heteroatoms. The van der Waals surface area contributed by atoms with E-state index in [1.54, 1.807) is 36.2 Å². The fourth-order valence-corrected chi connectivity index (χ4v) is 2.42. The van der Waals surface area contributed by atoms with Gasteiger partial charge in [-0.1, -0.05) is 18.2 Å². The first kappa shape index (κ1) is 17.5. The maximum absolute atomic E-state index is 12.1. The van der Waals surface area contributed by atoms with Crippen LogP contribution >= 0.6 is 0 Å². The van der Waals surface area contributed by atoms with E-state index in [2.05, 4.69) is 10.6 Å². The van der Waals surface area contributed by atoms with Gasteiger partial charge in [0.2, 0.25) is 11.8 Å². The van der Waals surface area contributed by atoms with Gasteiger partial charge in [-0.3, -0.25) is 9.59 Å². The Morgan fingerprint density at radius 3 is 2.12 bits per heavy atom. The Morgan fingerprint density at radius 2 is 1.58 bits per heavy atom. The molecule has 0 saturated carbocycles. The predicted molar refractivity (Wildman–Crippen MR) is 98.6 cm³/mol. The minimum absolute atomic E-state index is 0.0374. The molecule has 2 rings (SSSR count). The molecule has 0 radical (unpaired) electrons. The normalized spacial score (nSPS) is 10.2. The van der Waals surface area contributed by atoms with Gasteiger partial charge in [-0.2, -0.15) is 0 Å². The monoisotopic (exact) mass is 325 g/mol. The van der Waals surface area contributed by atoms with Gasteiger partial charge >= 0.3 is 0 Å². The lowest BCUT2D eigenvalue weighted by Gasteiger charge is -2.16. The van der Waals surface area contributed by atoms with Crippen LogP contribution in [-0.4, -0.2) is 25.4 Å². The minimum Gasteiger partial charge on any atom is -0.376 e. The molecular formula is C19H23N3O2. The maximum atomic E-state index is 12.1. The molecule has 0 aliphatic rings. The molecule has 0 fully saturated rings. The lowest BCUT2D eigenvalue weighted by atomic mass is 10.1. The summed E-state index contributed by atoms with van der Waals surface area (Å²) < 4.78 is 0. The zero-order chi connectivity index (χ0) is 17.7. The Morgan fingerprint density at radius 1 is 1.00 bits per heavy atom. The number of hydrogen-bond donors (Lipinski definition) is 2. The Labute approximate surface area is 142 Å². The molecule has 0 bridgehead atoms. The van der Waals surface area contributed by atoms with Gasteiger partial charge in [-0.25, -0.2) is 0 Å². The Hall–Kier alpha value is -2.82. The number of rotatable bonds is 5. The van der Waals surface area contributed by atoms with Crippen molar-refractivity contribution in [3.8, 4) is 0 Å². The van der Waals surface area contributed by atoms with Gasteiger partial charge in [-0.15, -0.1) is 0 Å². The van der Waals surface area contributed by atoms with E-state index in [9.17, 15) is 9.59 Å². The number of hydrogen-bond acceptors (Lipinski definition) is 3. The number of anilines is 3. The molecule has 2 aromatic carbocycles. The van der Waals surface area contributed by atoms with Gasteiger partial charge in [0.05, 0.1) is 6.54 Å². The second-order valence-corrected chi connectivity index (χ2v) is 5.79. The van der Waals surface area contributed by atoms with Crippen molar-refractivity contribution in [3.63, 3.8) is 0 Å². The lowest BCUT2D eigenvalue weighted by Crippen LogP contribution is -2.23. The molecule has 126 valence electrons. The standard InChI is InChI=1S/C19H23N3O2/c1-13-6-5-7-14(2)19(13)20-12-18(24)21-16-8-10-17(11-9-16)22(4)15(3)23/h5-11,20H,12H2,1-4H3,(H,21,24). The van der Waals surface area contributed by atoms with E-state index in [-0.39, 0.29) is 18.4 Å². The Balaban J connectivity index is 1.94. The summed E-state index contributed by atoms with van der Waals surface area (Å²) in [6, 6.07) is 13.2. The van der Waals surface area contributed by atoms with Crippen LogP contribution in [0.1, 0.15) is 18.1 Å². The lowest BCUT2D eigenvalue weighted by molar-refractivity contribution is -0.116. The van der Waals surface area contributed by atoms with Crippen LogP contribution in [0.25, 0.3) is 0 Å². The van der Waals surface area contributed by atoms with Crippen molar-refractivity contribution in [2.75, 3.05) is 29.1 Å². The molecule has 5 nitrogen and oxygen atoms in total. The molecule has 2 N–H and O–H groups in total. The molecule has 2 amide bonds. The molecule has 0 spiro atoms. The van der Waals surface area contributed by atoms with Crippen LogP contribution in [0.2, 0.25) is 0 Å². The van der Waals surface area contributed by atoms with Crippen LogP contribution in [0, 0.1) is 13.8 Å². The van der Waals surface area contributed by atoms with Gasteiger partial charge in [0.25, 0.3) is 0 Å². The van der Waals surface area contributed by atoms with Crippen LogP contribution in [0.3, 0.4) is 0 Å². The van der Waals surface area contributed by atoms with Crippen molar-refractivity contribution < 1.29 is 9.59 Å². The molecule has 0 atom stereocenters. The number of benzene rings is 2. The van der Waals surface area contributed by atoms with Crippen LogP contribution in [0.4, 0.5) is 17.1 Å². The smallest absolute Gasteiger partial charge is 0.243 e. The molecule has 0 heterocycles. The van der Waals surface area contributed by atoms with Crippen molar-refractivity contribution in [1.29, 1.82) is 0 Å². The minimum atomic E-state index is -0.120. The molecule has 0 aliphatic carbocycles. The van der Waals surface area contributed by atoms with E-state index in [1.165, 1.54) is 6.92 Å². The summed E-state index contributed by atoms with van der Waals surface area (Å²) in [6.45, 7) is 5.73. The molecule has 0 saturated heterocycles. The van der Waals surface area contributed by atoms with E-state index in [1.807, 2.05) is 32.0 Å². The van der Waals surface area contributed by atoms with E-state index >= 15 is 0 Å². The first-order chi connectivity index (χ1) is 11.4. The number of para-hydroxylation sites is 1. The van der Waals surface area contributed by atoms with Gasteiger partial charge in [0.15, 0.2) is 0 Å². The van der Waals surface area contributed by atoms with Crippen molar-refractivity contribution in [2.45, 2.75) is 20.8 Å². The summed E-state index contributed by atoms with van der Waals surface area (Å²) in [5.41, 5.74) is 4.70. The third-order valence-electron chi connectivity index (χ3n) is 3.92. The van der Waals surface area contributed by atoms with E-state index in [4.69, 9.17) is 0 Å². The molecule has 2 aromatic rings. The number of carbonyl (C=O) groups excluding carboxylic acids is 2. The predicted octanol–water partition coefficient (Wildman–Crippen LogP) is 3.34. The van der Waals surface area contributed by atoms with Crippen molar-refractivity contribution >= 4 is 28.9 Å². The van der Waals surface area contributed by atoms with Gasteiger partial charge < -0.3 is 15.5 Å². The van der Waals surface area contributed by atoms with Gasteiger partial charge in [0.1, 0.15) is 0 Å². The van der Waals surface area contributed by atoms with Crippen LogP contribution in [0.5, 0.6) is 0 Å². The third kappa shape index (κ3) is 4.35. The van der Waals surface area contributed by atoms with Crippen molar-refractivity contribution in [3.05, 3.63) is 53.6 Å². The highest BCUT2D eigenvalue weighted by molar-refractivity contribution is 5.95. The molecular weight excluding hydrogens is 302 g/mol. The molecule has 0 aromatic heterocycles. The summed E-state index contributed by atoms with van der Waals surface area (Å²) in [5, 5.41) is 6.02. The largest absolute Gasteiger partial charge is 0.376 e. The van der Waals surface area contributed by atoms with Gasteiger partial charge in [0, 0.05) is 31.0 Å². The van der Waals surface area contributed by atoms with Crippen LogP contribution in [-0.2, 0) is 9.59 Å². The Kier molecular flexibility index (Phi) is 5.58. The first-order valence-electron chi connectivity index (χ1n) is 7.83. The number of nitrogens with zero attached hydrogens (tertiary/aromatic N) is 1. The average Bonchev–Trinajstić information content (AvgIpc) is 2.54. The summed E-state index contributed by atoms with van der Waals surface area (Å²) >= 11 is 0. The Bertz CT molecular complexity index is 719.